The highest BCUT2D eigenvalue weighted by Gasteiger charge is 2.40. The van der Waals surface area contributed by atoms with Crippen LogP contribution in [0, 0.1) is 24.6 Å². The van der Waals surface area contributed by atoms with E-state index < -0.39 is 17.8 Å². The number of piperidine rings is 1. The van der Waals surface area contributed by atoms with Crippen molar-refractivity contribution in [1.82, 2.24) is 10.2 Å². The molecular formula is C36H44FN3O3. The number of hydrogen-bond donors (Lipinski definition) is 2. The van der Waals surface area contributed by atoms with E-state index in [2.05, 4.69) is 49.6 Å². The number of ether oxygens (including phenoxy) is 1. The number of amides is 2. The molecule has 1 unspecified atom stereocenters. The van der Waals surface area contributed by atoms with Crippen molar-refractivity contribution in [3.05, 3.63) is 100 Å². The van der Waals surface area contributed by atoms with Crippen LogP contribution in [0.5, 0.6) is 0 Å². The first-order valence-corrected chi connectivity index (χ1v) is 15.5. The van der Waals surface area contributed by atoms with E-state index in [1.54, 1.807) is 24.0 Å². The number of nitrogens with one attached hydrogen (secondary N) is 2. The van der Waals surface area contributed by atoms with Gasteiger partial charge in [-0.15, -0.1) is 0 Å². The molecule has 2 aliphatic heterocycles. The topological polar surface area (TPSA) is 70.7 Å². The zero-order valence-electron chi connectivity index (χ0n) is 25.8. The van der Waals surface area contributed by atoms with Crippen molar-refractivity contribution in [2.45, 2.75) is 65.0 Å². The van der Waals surface area contributed by atoms with Crippen LogP contribution in [-0.4, -0.2) is 43.0 Å². The summed E-state index contributed by atoms with van der Waals surface area (Å²) in [6.07, 6.45) is 2.37. The first kappa shape index (κ1) is 30.9. The van der Waals surface area contributed by atoms with Crippen LogP contribution in [0.4, 0.5) is 10.1 Å². The predicted octanol–water partition coefficient (Wildman–Crippen LogP) is 6.79. The molecule has 0 aromatic heterocycles. The van der Waals surface area contributed by atoms with Crippen LogP contribution in [0.3, 0.4) is 0 Å². The molecule has 2 amide bonds. The van der Waals surface area contributed by atoms with Gasteiger partial charge in [0.2, 0.25) is 5.91 Å². The molecule has 0 spiro atoms. The van der Waals surface area contributed by atoms with E-state index in [4.69, 9.17) is 4.74 Å². The number of benzene rings is 3. The van der Waals surface area contributed by atoms with Gasteiger partial charge in [0.25, 0.3) is 5.91 Å². The SMILES string of the molecule is Cc1cccc(F)c1C(=O)N1CCC[C@H](C(=O)Nc2cccc(C(C)(C)C)c2)[C@@H]1c1ccc(CNCC2CCOC2)cc1. The van der Waals surface area contributed by atoms with E-state index in [0.29, 0.717) is 30.9 Å². The maximum absolute atomic E-state index is 15.0. The van der Waals surface area contributed by atoms with E-state index in [-0.39, 0.29) is 22.8 Å². The second kappa shape index (κ2) is 13.4. The molecule has 7 heteroatoms. The van der Waals surface area contributed by atoms with Gasteiger partial charge in [-0.2, -0.15) is 0 Å². The quantitative estimate of drug-likeness (QED) is 0.305. The minimum absolute atomic E-state index is 0.0591. The largest absolute Gasteiger partial charge is 0.381 e. The molecule has 2 N–H and O–H groups in total. The fourth-order valence-electron chi connectivity index (χ4n) is 6.25. The van der Waals surface area contributed by atoms with Gasteiger partial charge in [0.05, 0.1) is 24.1 Å². The van der Waals surface area contributed by atoms with Crippen LogP contribution in [0.2, 0.25) is 0 Å². The molecule has 43 heavy (non-hydrogen) atoms. The summed E-state index contributed by atoms with van der Waals surface area (Å²) in [6.45, 7) is 11.9. The molecule has 0 radical (unpaired) electrons. The van der Waals surface area contributed by atoms with Gasteiger partial charge in [0.15, 0.2) is 0 Å². The Bertz CT molecular complexity index is 1410. The third kappa shape index (κ3) is 7.34. The van der Waals surface area contributed by atoms with Gasteiger partial charge in [-0.05, 0) is 78.0 Å². The maximum atomic E-state index is 15.0. The molecule has 0 aliphatic carbocycles. The Hall–Kier alpha value is -3.55. The van der Waals surface area contributed by atoms with Crippen molar-refractivity contribution in [3.8, 4) is 0 Å². The predicted molar refractivity (Wildman–Crippen MR) is 168 cm³/mol. The third-order valence-corrected chi connectivity index (χ3v) is 8.77. The van der Waals surface area contributed by atoms with E-state index in [0.717, 1.165) is 55.1 Å². The van der Waals surface area contributed by atoms with E-state index in [1.807, 2.05) is 30.3 Å². The summed E-state index contributed by atoms with van der Waals surface area (Å²) >= 11 is 0. The highest BCUT2D eigenvalue weighted by Crippen LogP contribution is 2.39. The van der Waals surface area contributed by atoms with Crippen LogP contribution in [0.25, 0.3) is 0 Å². The van der Waals surface area contributed by atoms with Crippen molar-refractivity contribution >= 4 is 17.5 Å². The van der Waals surface area contributed by atoms with Gasteiger partial charge < -0.3 is 20.3 Å². The van der Waals surface area contributed by atoms with Crippen LogP contribution < -0.4 is 10.6 Å². The number of hydrogen-bond acceptors (Lipinski definition) is 4. The Morgan fingerprint density at radius 1 is 1.02 bits per heavy atom. The number of halogens is 1. The molecule has 0 bridgehead atoms. The summed E-state index contributed by atoms with van der Waals surface area (Å²) in [4.78, 5) is 29.6. The molecule has 6 nitrogen and oxygen atoms in total. The van der Waals surface area contributed by atoms with E-state index in [1.165, 1.54) is 6.07 Å². The molecule has 3 atom stereocenters. The lowest BCUT2D eigenvalue weighted by Crippen LogP contribution is -2.46. The molecule has 3 aromatic carbocycles. The average Bonchev–Trinajstić information content (AvgIpc) is 3.50. The number of aryl methyl sites for hydroxylation is 1. The smallest absolute Gasteiger partial charge is 0.257 e. The lowest BCUT2D eigenvalue weighted by atomic mass is 9.82. The number of rotatable bonds is 8. The maximum Gasteiger partial charge on any atom is 0.257 e. The molecule has 3 aromatic rings. The van der Waals surface area contributed by atoms with Gasteiger partial charge in [0.1, 0.15) is 5.82 Å². The van der Waals surface area contributed by atoms with Crippen LogP contribution in [-0.2, 0) is 21.5 Å². The highest BCUT2D eigenvalue weighted by molar-refractivity contribution is 5.98. The molecule has 228 valence electrons. The standard InChI is InChI=1S/C36H44FN3O3/c1-24-8-5-12-31(37)32(24)35(42)40-18-7-11-30(34(41)39-29-10-6-9-28(20-29)36(2,3)4)33(40)27-15-13-25(14-16-27)21-38-22-26-17-19-43-23-26/h5-6,8-10,12-16,20,26,30,33,38H,7,11,17-19,21-23H2,1-4H3,(H,39,41)/t26?,30-,33-/m0/s1. The molecule has 5 rings (SSSR count). The molecular weight excluding hydrogens is 541 g/mol. The molecule has 2 fully saturated rings. The molecule has 2 saturated heterocycles. The van der Waals surface area contributed by atoms with Gasteiger partial charge in [-0.25, -0.2) is 4.39 Å². The normalized spacial score (nSPS) is 20.7. The number of likely N-dealkylation sites (tertiary alicyclic amines) is 1. The lowest BCUT2D eigenvalue weighted by Gasteiger charge is -2.41. The first-order chi connectivity index (χ1) is 20.6. The zero-order chi connectivity index (χ0) is 30.6. The van der Waals surface area contributed by atoms with E-state index >= 15 is 4.39 Å². The molecule has 2 aliphatic rings. The van der Waals surface area contributed by atoms with Crippen molar-refractivity contribution < 1.29 is 18.7 Å². The number of carbonyl (C=O) groups excluding carboxylic acids is 2. The van der Waals surface area contributed by atoms with Crippen LogP contribution in [0.15, 0.2) is 66.7 Å². The summed E-state index contributed by atoms with van der Waals surface area (Å²) < 4.78 is 20.5. The Balaban J connectivity index is 1.42. The van der Waals surface area contributed by atoms with Crippen molar-refractivity contribution in [2.75, 3.05) is 31.6 Å². The number of carbonyl (C=O) groups is 2. The summed E-state index contributed by atoms with van der Waals surface area (Å²) in [7, 11) is 0. The van der Waals surface area contributed by atoms with Gasteiger partial charge in [-0.3, -0.25) is 9.59 Å². The van der Waals surface area contributed by atoms with Crippen molar-refractivity contribution in [2.24, 2.45) is 11.8 Å². The fourth-order valence-corrected chi connectivity index (χ4v) is 6.25. The number of anilines is 1. The molecule has 2 heterocycles. The van der Waals surface area contributed by atoms with Crippen molar-refractivity contribution in [3.63, 3.8) is 0 Å². The minimum atomic E-state index is -0.539. The fraction of sp³-hybridized carbons (Fsp3) is 0.444. The van der Waals surface area contributed by atoms with Crippen LogP contribution >= 0.6 is 0 Å². The monoisotopic (exact) mass is 585 g/mol. The summed E-state index contributed by atoms with van der Waals surface area (Å²) in [5, 5.41) is 6.66. The van der Waals surface area contributed by atoms with Gasteiger partial charge >= 0.3 is 0 Å². The van der Waals surface area contributed by atoms with E-state index in [9.17, 15) is 9.59 Å². The summed E-state index contributed by atoms with van der Waals surface area (Å²) in [5.74, 6) is -0.996. The summed E-state index contributed by atoms with van der Waals surface area (Å²) in [6, 6.07) is 20.2. The minimum Gasteiger partial charge on any atom is -0.381 e. The van der Waals surface area contributed by atoms with Crippen LogP contribution in [0.1, 0.15) is 78.7 Å². The Labute approximate surface area is 255 Å². The third-order valence-electron chi connectivity index (χ3n) is 8.77. The second-order valence-corrected chi connectivity index (χ2v) is 13.0. The summed E-state index contributed by atoms with van der Waals surface area (Å²) in [5.41, 5.74) is 4.46. The first-order valence-electron chi connectivity index (χ1n) is 15.5. The number of nitrogens with zero attached hydrogens (tertiary/aromatic N) is 1. The Kier molecular flexibility index (Phi) is 9.62. The average molecular weight is 586 g/mol. The lowest BCUT2D eigenvalue weighted by molar-refractivity contribution is -0.123. The Morgan fingerprint density at radius 3 is 2.49 bits per heavy atom. The highest BCUT2D eigenvalue weighted by atomic mass is 19.1. The van der Waals surface area contributed by atoms with Gasteiger partial charge in [0, 0.05) is 31.9 Å². The van der Waals surface area contributed by atoms with Gasteiger partial charge in [-0.1, -0.05) is 69.3 Å². The molecule has 0 saturated carbocycles. The second-order valence-electron chi connectivity index (χ2n) is 13.0. The van der Waals surface area contributed by atoms with Crippen molar-refractivity contribution in [1.29, 1.82) is 0 Å². The Morgan fingerprint density at radius 2 is 1.79 bits per heavy atom. The zero-order valence-corrected chi connectivity index (χ0v) is 25.8.